The van der Waals surface area contributed by atoms with Crippen LogP contribution in [0.1, 0.15) is 45.4 Å². The lowest BCUT2D eigenvalue weighted by molar-refractivity contribution is 0.0689. The van der Waals surface area contributed by atoms with Crippen molar-refractivity contribution < 1.29 is 23.8 Å². The molecule has 126 valence electrons. The first kappa shape index (κ1) is 16.6. The van der Waals surface area contributed by atoms with Gasteiger partial charge in [0, 0.05) is 22.6 Å². The number of aromatic carboxylic acids is 1. The van der Waals surface area contributed by atoms with Gasteiger partial charge < -0.3 is 19.2 Å². The molecule has 1 atom stereocenters. The Bertz CT molecular complexity index is 785. The van der Waals surface area contributed by atoms with Crippen LogP contribution in [0.5, 0.6) is 5.75 Å². The standard InChI is InChI=1S/C17H16BrNO5/c1-23-14-5-4-11(18)8-12(14)13-3-2-6-19(13)16(20)15-7-10(9-24-15)17(21)22/h4-5,7-9,13H,2-3,6H2,1H3,(H,21,22). The van der Waals surface area contributed by atoms with Crippen LogP contribution in [0.15, 0.2) is 39.4 Å². The van der Waals surface area contributed by atoms with Crippen molar-refractivity contribution in [1.82, 2.24) is 4.90 Å². The molecule has 1 aliphatic rings. The molecule has 1 aromatic carbocycles. The summed E-state index contributed by atoms with van der Waals surface area (Å²) < 4.78 is 11.5. The van der Waals surface area contributed by atoms with E-state index in [1.807, 2.05) is 18.2 Å². The minimum atomic E-state index is -1.12. The minimum Gasteiger partial charge on any atom is -0.496 e. The maximum absolute atomic E-state index is 12.7. The lowest BCUT2D eigenvalue weighted by atomic mass is 10.0. The molecule has 0 saturated carbocycles. The summed E-state index contributed by atoms with van der Waals surface area (Å²) in [5.74, 6) is -0.682. The number of furan rings is 1. The number of ether oxygens (including phenoxy) is 1. The second-order valence-electron chi connectivity index (χ2n) is 5.55. The van der Waals surface area contributed by atoms with Crippen LogP contribution in [0.3, 0.4) is 0 Å². The molecule has 0 spiro atoms. The van der Waals surface area contributed by atoms with Gasteiger partial charge in [-0.1, -0.05) is 15.9 Å². The highest BCUT2D eigenvalue weighted by Gasteiger charge is 2.34. The molecule has 1 fully saturated rings. The van der Waals surface area contributed by atoms with E-state index in [1.54, 1.807) is 12.0 Å². The van der Waals surface area contributed by atoms with Gasteiger partial charge in [0.25, 0.3) is 5.91 Å². The predicted octanol–water partition coefficient (Wildman–Crippen LogP) is 3.73. The van der Waals surface area contributed by atoms with Gasteiger partial charge in [-0.25, -0.2) is 4.79 Å². The number of carboxylic acid groups (broad SMARTS) is 1. The molecule has 1 N–H and O–H groups in total. The van der Waals surface area contributed by atoms with Gasteiger partial charge in [0.1, 0.15) is 12.0 Å². The van der Waals surface area contributed by atoms with Crippen molar-refractivity contribution in [2.24, 2.45) is 0 Å². The third-order valence-corrected chi connectivity index (χ3v) is 4.61. The zero-order valence-electron chi connectivity index (χ0n) is 13.0. The molecule has 2 heterocycles. The van der Waals surface area contributed by atoms with Gasteiger partial charge in [0.2, 0.25) is 0 Å². The van der Waals surface area contributed by atoms with E-state index < -0.39 is 5.97 Å². The Morgan fingerprint density at radius 2 is 2.17 bits per heavy atom. The second-order valence-corrected chi connectivity index (χ2v) is 6.46. The van der Waals surface area contributed by atoms with Gasteiger partial charge in [0.05, 0.1) is 18.7 Å². The minimum absolute atomic E-state index is 0.0332. The summed E-state index contributed by atoms with van der Waals surface area (Å²) in [6, 6.07) is 6.81. The molecule has 1 aromatic heterocycles. The Balaban J connectivity index is 1.91. The first-order valence-corrected chi connectivity index (χ1v) is 8.27. The highest BCUT2D eigenvalue weighted by atomic mass is 79.9. The van der Waals surface area contributed by atoms with E-state index in [0.29, 0.717) is 12.3 Å². The van der Waals surface area contributed by atoms with Crippen molar-refractivity contribution in [1.29, 1.82) is 0 Å². The topological polar surface area (TPSA) is 80.0 Å². The Morgan fingerprint density at radius 1 is 1.38 bits per heavy atom. The van der Waals surface area contributed by atoms with Crippen LogP contribution >= 0.6 is 15.9 Å². The van der Waals surface area contributed by atoms with E-state index in [0.717, 1.165) is 29.1 Å². The Morgan fingerprint density at radius 3 is 2.83 bits per heavy atom. The highest BCUT2D eigenvalue weighted by molar-refractivity contribution is 9.10. The molecule has 3 rings (SSSR count). The number of hydrogen-bond donors (Lipinski definition) is 1. The SMILES string of the molecule is COc1ccc(Br)cc1C1CCCN1C(=O)c1cc(C(=O)O)co1. The average Bonchev–Trinajstić information content (AvgIpc) is 3.23. The zero-order valence-corrected chi connectivity index (χ0v) is 14.6. The summed E-state index contributed by atoms with van der Waals surface area (Å²) in [6.07, 6.45) is 2.75. The van der Waals surface area contributed by atoms with E-state index in [1.165, 1.54) is 6.07 Å². The molecule has 1 amide bonds. The smallest absolute Gasteiger partial charge is 0.338 e. The number of amides is 1. The number of likely N-dealkylation sites (tertiary alicyclic amines) is 1. The third-order valence-electron chi connectivity index (χ3n) is 4.12. The van der Waals surface area contributed by atoms with Crippen molar-refractivity contribution in [2.75, 3.05) is 13.7 Å². The maximum atomic E-state index is 12.7. The molecule has 2 aromatic rings. The number of carbonyl (C=O) groups is 2. The maximum Gasteiger partial charge on any atom is 0.338 e. The van der Waals surface area contributed by atoms with Crippen LogP contribution < -0.4 is 4.74 Å². The molecular weight excluding hydrogens is 378 g/mol. The van der Waals surface area contributed by atoms with Crippen LogP contribution in [0, 0.1) is 0 Å². The number of methoxy groups -OCH3 is 1. The molecule has 0 aliphatic carbocycles. The van der Waals surface area contributed by atoms with Crippen LogP contribution in [-0.4, -0.2) is 35.5 Å². The van der Waals surface area contributed by atoms with Crippen LogP contribution in [0.4, 0.5) is 0 Å². The summed E-state index contributed by atoms with van der Waals surface area (Å²) in [7, 11) is 1.60. The molecule has 6 nitrogen and oxygen atoms in total. The molecular formula is C17H16BrNO5. The van der Waals surface area contributed by atoms with Gasteiger partial charge in [-0.2, -0.15) is 0 Å². The largest absolute Gasteiger partial charge is 0.496 e. The fourth-order valence-electron chi connectivity index (χ4n) is 3.00. The molecule has 0 radical (unpaired) electrons. The summed E-state index contributed by atoms with van der Waals surface area (Å²) in [5.41, 5.74) is 0.886. The fourth-order valence-corrected chi connectivity index (χ4v) is 3.38. The molecule has 1 saturated heterocycles. The summed E-state index contributed by atoms with van der Waals surface area (Å²) in [5, 5.41) is 8.97. The fraction of sp³-hybridized carbons (Fsp3) is 0.294. The number of hydrogen-bond acceptors (Lipinski definition) is 4. The van der Waals surface area contributed by atoms with Crippen LogP contribution in [0.2, 0.25) is 0 Å². The van der Waals surface area contributed by atoms with Crippen LogP contribution in [0.25, 0.3) is 0 Å². The number of carbonyl (C=O) groups excluding carboxylic acids is 1. The number of halogens is 1. The van der Waals surface area contributed by atoms with Crippen molar-refractivity contribution in [3.05, 3.63) is 51.9 Å². The van der Waals surface area contributed by atoms with Gasteiger partial charge >= 0.3 is 5.97 Å². The highest BCUT2D eigenvalue weighted by Crippen LogP contribution is 2.39. The number of nitrogens with zero attached hydrogens (tertiary/aromatic N) is 1. The van der Waals surface area contributed by atoms with Crippen molar-refractivity contribution >= 4 is 27.8 Å². The Labute approximate surface area is 147 Å². The van der Waals surface area contributed by atoms with Gasteiger partial charge in [-0.3, -0.25) is 4.79 Å². The first-order valence-electron chi connectivity index (χ1n) is 7.47. The quantitative estimate of drug-likeness (QED) is 0.855. The lowest BCUT2D eigenvalue weighted by Crippen LogP contribution is -2.30. The van der Waals surface area contributed by atoms with Crippen molar-refractivity contribution in [3.8, 4) is 5.75 Å². The Kier molecular flexibility index (Phi) is 4.62. The van der Waals surface area contributed by atoms with Gasteiger partial charge in [-0.15, -0.1) is 0 Å². The average molecular weight is 394 g/mol. The van der Waals surface area contributed by atoms with Crippen LogP contribution in [-0.2, 0) is 0 Å². The summed E-state index contributed by atoms with van der Waals surface area (Å²) in [4.78, 5) is 25.4. The molecule has 1 aliphatic heterocycles. The molecule has 24 heavy (non-hydrogen) atoms. The van der Waals surface area contributed by atoms with Crippen molar-refractivity contribution in [2.45, 2.75) is 18.9 Å². The molecule has 1 unspecified atom stereocenters. The van der Waals surface area contributed by atoms with E-state index in [-0.39, 0.29) is 23.3 Å². The van der Waals surface area contributed by atoms with Gasteiger partial charge in [-0.05, 0) is 31.0 Å². The number of benzene rings is 1. The van der Waals surface area contributed by atoms with E-state index >= 15 is 0 Å². The molecule has 0 bridgehead atoms. The summed E-state index contributed by atoms with van der Waals surface area (Å²) >= 11 is 3.45. The van der Waals surface area contributed by atoms with E-state index in [9.17, 15) is 9.59 Å². The number of rotatable bonds is 4. The number of carboxylic acids is 1. The van der Waals surface area contributed by atoms with Gasteiger partial charge in [0.15, 0.2) is 5.76 Å². The lowest BCUT2D eigenvalue weighted by Gasteiger charge is -2.25. The third kappa shape index (κ3) is 3.03. The summed E-state index contributed by atoms with van der Waals surface area (Å²) in [6.45, 7) is 0.586. The van der Waals surface area contributed by atoms with E-state index in [2.05, 4.69) is 15.9 Å². The van der Waals surface area contributed by atoms with Crippen molar-refractivity contribution in [3.63, 3.8) is 0 Å². The van der Waals surface area contributed by atoms with E-state index in [4.69, 9.17) is 14.3 Å². The first-order chi connectivity index (χ1) is 11.5. The normalized spacial score (nSPS) is 17.1. The Hall–Kier alpha value is -2.28. The monoisotopic (exact) mass is 393 g/mol. The predicted molar refractivity (Wildman–Crippen MR) is 89.4 cm³/mol. The molecule has 7 heteroatoms. The second kappa shape index (κ2) is 6.68. The zero-order chi connectivity index (χ0) is 17.3.